The van der Waals surface area contributed by atoms with E-state index in [1.54, 1.807) is 0 Å². The van der Waals surface area contributed by atoms with E-state index in [4.69, 9.17) is 0 Å². The molecule has 0 atom stereocenters. The summed E-state index contributed by atoms with van der Waals surface area (Å²) in [5.74, 6) is 0. The standard InChI is InChI=1S/C15H21N2.BrH/c1-3-5-8-12-17-13-16(11-4-2)14-9-6-7-10-15(14)17;/h4,6-7,9-10,13H,2-3,5,8,11-12H2,1H3;1H/q+1;/p-1. The number of hydrogen-bond donors (Lipinski definition) is 0. The first-order valence-corrected chi connectivity index (χ1v) is 6.45. The average Bonchev–Trinajstić information content (AvgIpc) is 2.70. The van der Waals surface area contributed by atoms with Gasteiger partial charge in [-0.15, -0.1) is 0 Å². The highest BCUT2D eigenvalue weighted by atomic mass is 79.9. The zero-order valence-electron chi connectivity index (χ0n) is 11.0. The highest BCUT2D eigenvalue weighted by Crippen LogP contribution is 2.11. The van der Waals surface area contributed by atoms with Crippen molar-refractivity contribution in [3.05, 3.63) is 43.2 Å². The van der Waals surface area contributed by atoms with Crippen molar-refractivity contribution in [2.45, 2.75) is 39.3 Å². The van der Waals surface area contributed by atoms with E-state index >= 15 is 0 Å². The summed E-state index contributed by atoms with van der Waals surface area (Å²) in [6.07, 6.45) is 7.98. The van der Waals surface area contributed by atoms with E-state index in [0.717, 1.165) is 13.1 Å². The molecule has 1 aromatic carbocycles. The molecule has 0 unspecified atom stereocenters. The number of halogens is 1. The maximum absolute atomic E-state index is 3.82. The number of benzene rings is 1. The van der Waals surface area contributed by atoms with Crippen LogP contribution in [0.4, 0.5) is 0 Å². The van der Waals surface area contributed by atoms with Gasteiger partial charge in [-0.25, -0.2) is 9.13 Å². The minimum Gasteiger partial charge on any atom is -1.00 e. The fraction of sp³-hybridized carbons (Fsp3) is 0.400. The van der Waals surface area contributed by atoms with Crippen LogP contribution in [0.2, 0.25) is 0 Å². The Kier molecular flexibility index (Phi) is 6.13. The fourth-order valence-electron chi connectivity index (χ4n) is 2.24. The minimum atomic E-state index is 0. The van der Waals surface area contributed by atoms with Gasteiger partial charge in [0.15, 0.2) is 11.0 Å². The maximum atomic E-state index is 3.82. The van der Waals surface area contributed by atoms with Gasteiger partial charge in [0.1, 0.15) is 6.54 Å². The molecule has 0 fully saturated rings. The Morgan fingerprint density at radius 3 is 2.78 bits per heavy atom. The molecular weight excluding hydrogens is 288 g/mol. The second-order valence-electron chi connectivity index (χ2n) is 4.45. The third-order valence-electron chi connectivity index (χ3n) is 3.11. The molecule has 1 aromatic heterocycles. The molecule has 0 N–H and O–H groups in total. The lowest BCUT2D eigenvalue weighted by atomic mass is 10.2. The Morgan fingerprint density at radius 2 is 2.06 bits per heavy atom. The largest absolute Gasteiger partial charge is 1.00 e. The Morgan fingerprint density at radius 1 is 1.28 bits per heavy atom. The van der Waals surface area contributed by atoms with Gasteiger partial charge in [0, 0.05) is 0 Å². The highest BCUT2D eigenvalue weighted by Gasteiger charge is 2.13. The normalized spacial score (nSPS) is 10.3. The van der Waals surface area contributed by atoms with E-state index in [9.17, 15) is 0 Å². The minimum absolute atomic E-state index is 0. The average molecular weight is 309 g/mol. The van der Waals surface area contributed by atoms with Crippen molar-refractivity contribution in [3.8, 4) is 0 Å². The number of fused-ring (bicyclic) bond motifs is 1. The lowest BCUT2D eigenvalue weighted by Crippen LogP contribution is -3.00. The monoisotopic (exact) mass is 308 g/mol. The SMILES string of the molecule is C=CCn1c[n+](CCCCC)c2ccccc21.[Br-]. The van der Waals surface area contributed by atoms with Crippen LogP contribution in [0.3, 0.4) is 0 Å². The number of nitrogens with zero attached hydrogens (tertiary/aromatic N) is 2. The zero-order chi connectivity index (χ0) is 12.1. The Labute approximate surface area is 120 Å². The van der Waals surface area contributed by atoms with Crippen LogP contribution in [0.25, 0.3) is 11.0 Å². The predicted octanol–water partition coefficient (Wildman–Crippen LogP) is 0.309. The van der Waals surface area contributed by atoms with E-state index in [-0.39, 0.29) is 17.0 Å². The summed E-state index contributed by atoms with van der Waals surface area (Å²) in [7, 11) is 0. The van der Waals surface area contributed by atoms with Crippen molar-refractivity contribution in [2.75, 3.05) is 0 Å². The van der Waals surface area contributed by atoms with E-state index in [2.05, 4.69) is 53.2 Å². The van der Waals surface area contributed by atoms with Crippen LogP contribution in [0, 0.1) is 0 Å². The molecule has 0 aliphatic heterocycles. The van der Waals surface area contributed by atoms with Crippen molar-refractivity contribution in [2.24, 2.45) is 0 Å². The van der Waals surface area contributed by atoms with Crippen LogP contribution in [0.15, 0.2) is 43.2 Å². The van der Waals surface area contributed by atoms with Gasteiger partial charge in [-0.1, -0.05) is 38.1 Å². The van der Waals surface area contributed by atoms with E-state index in [0.29, 0.717) is 0 Å². The molecule has 0 aliphatic rings. The van der Waals surface area contributed by atoms with Gasteiger partial charge in [0.2, 0.25) is 6.33 Å². The van der Waals surface area contributed by atoms with Crippen LogP contribution in [0.5, 0.6) is 0 Å². The Balaban J connectivity index is 0.00000162. The van der Waals surface area contributed by atoms with Crippen molar-refractivity contribution >= 4 is 11.0 Å². The van der Waals surface area contributed by atoms with Gasteiger partial charge in [0.25, 0.3) is 0 Å². The molecule has 0 amide bonds. The molecule has 2 aromatic rings. The van der Waals surface area contributed by atoms with Gasteiger partial charge in [-0.3, -0.25) is 0 Å². The van der Waals surface area contributed by atoms with Crippen molar-refractivity contribution in [1.82, 2.24) is 4.57 Å². The van der Waals surface area contributed by atoms with Gasteiger partial charge in [-0.05, 0) is 25.0 Å². The molecular formula is C15H21BrN2. The summed E-state index contributed by atoms with van der Waals surface area (Å²) in [5, 5.41) is 0. The second-order valence-corrected chi connectivity index (χ2v) is 4.45. The number of imidazole rings is 1. The molecule has 0 spiro atoms. The molecule has 0 aliphatic carbocycles. The summed E-state index contributed by atoms with van der Waals surface area (Å²) in [4.78, 5) is 0. The van der Waals surface area contributed by atoms with Crippen LogP contribution in [-0.4, -0.2) is 4.57 Å². The molecule has 3 heteroatoms. The quantitative estimate of drug-likeness (QED) is 0.413. The summed E-state index contributed by atoms with van der Waals surface area (Å²) in [6.45, 7) is 8.04. The zero-order valence-corrected chi connectivity index (χ0v) is 12.6. The van der Waals surface area contributed by atoms with Gasteiger partial charge in [0.05, 0.1) is 6.54 Å². The third-order valence-corrected chi connectivity index (χ3v) is 3.11. The summed E-state index contributed by atoms with van der Waals surface area (Å²) >= 11 is 0. The van der Waals surface area contributed by atoms with Crippen molar-refractivity contribution in [3.63, 3.8) is 0 Å². The second kappa shape index (κ2) is 7.37. The molecule has 0 saturated carbocycles. The van der Waals surface area contributed by atoms with Gasteiger partial charge in [-0.2, -0.15) is 0 Å². The van der Waals surface area contributed by atoms with Crippen LogP contribution in [0.1, 0.15) is 26.2 Å². The lowest BCUT2D eigenvalue weighted by molar-refractivity contribution is -0.672. The fourth-order valence-corrected chi connectivity index (χ4v) is 2.24. The summed E-state index contributed by atoms with van der Waals surface area (Å²) in [6, 6.07) is 8.57. The maximum Gasteiger partial charge on any atom is 0.245 e. The van der Waals surface area contributed by atoms with E-state index in [1.165, 1.54) is 30.3 Å². The number of aryl methyl sites for hydroxylation is 1. The summed E-state index contributed by atoms with van der Waals surface area (Å²) < 4.78 is 4.61. The molecule has 0 saturated heterocycles. The first-order chi connectivity index (χ1) is 8.36. The van der Waals surface area contributed by atoms with Crippen molar-refractivity contribution in [1.29, 1.82) is 0 Å². The van der Waals surface area contributed by atoms with E-state index in [1.807, 2.05) is 6.08 Å². The van der Waals surface area contributed by atoms with Crippen molar-refractivity contribution < 1.29 is 21.5 Å². The van der Waals surface area contributed by atoms with Crippen LogP contribution in [-0.2, 0) is 13.1 Å². The molecule has 98 valence electrons. The number of para-hydroxylation sites is 2. The summed E-state index contributed by atoms with van der Waals surface area (Å²) in [5.41, 5.74) is 2.62. The highest BCUT2D eigenvalue weighted by molar-refractivity contribution is 5.71. The molecule has 1 heterocycles. The smallest absolute Gasteiger partial charge is 0.245 e. The molecule has 0 radical (unpaired) electrons. The molecule has 18 heavy (non-hydrogen) atoms. The van der Waals surface area contributed by atoms with Gasteiger partial charge >= 0.3 is 0 Å². The molecule has 2 nitrogen and oxygen atoms in total. The number of aromatic nitrogens is 2. The number of rotatable bonds is 6. The molecule has 0 bridgehead atoms. The van der Waals surface area contributed by atoms with Crippen LogP contribution < -0.4 is 21.5 Å². The Bertz CT molecular complexity index is 502. The van der Waals surface area contributed by atoms with Crippen LogP contribution >= 0.6 is 0 Å². The number of allylic oxidation sites excluding steroid dienone is 1. The molecule has 2 rings (SSSR count). The third kappa shape index (κ3) is 3.22. The topological polar surface area (TPSA) is 8.81 Å². The first kappa shape index (κ1) is 15.0. The van der Waals surface area contributed by atoms with E-state index < -0.39 is 0 Å². The number of unbranched alkanes of at least 4 members (excludes halogenated alkanes) is 2. The number of hydrogen-bond acceptors (Lipinski definition) is 0. The lowest BCUT2D eigenvalue weighted by Gasteiger charge is -1.96. The van der Waals surface area contributed by atoms with Gasteiger partial charge < -0.3 is 17.0 Å². The first-order valence-electron chi connectivity index (χ1n) is 6.45. The Hall–Kier alpha value is -1.09. The predicted molar refractivity (Wildman–Crippen MR) is 71.9 cm³/mol.